The van der Waals surface area contributed by atoms with Crippen molar-refractivity contribution in [1.82, 2.24) is 10.3 Å². The van der Waals surface area contributed by atoms with Crippen LogP contribution < -0.4 is 11.1 Å². The predicted octanol–water partition coefficient (Wildman–Crippen LogP) is -0.217. The predicted molar refractivity (Wildman–Crippen MR) is 67.0 cm³/mol. The number of primary amides is 1. The number of carbonyl (C=O) groups excluding carboxylic acids is 2. The summed E-state index contributed by atoms with van der Waals surface area (Å²) in [6.45, 7) is 1.44. The van der Waals surface area contributed by atoms with Crippen LogP contribution in [0.2, 0.25) is 0 Å². The number of carboxylic acid groups (broad SMARTS) is 1. The first-order valence-corrected chi connectivity index (χ1v) is 5.38. The first kappa shape index (κ1) is 14.4. The number of rotatable bonds is 5. The van der Waals surface area contributed by atoms with Crippen LogP contribution in [0.5, 0.6) is 0 Å². The molecule has 0 aliphatic carbocycles. The van der Waals surface area contributed by atoms with Crippen molar-refractivity contribution >= 4 is 23.9 Å². The number of hydrogen-bond acceptors (Lipinski definition) is 4. The Kier molecular flexibility index (Phi) is 4.76. The topological polar surface area (TPSA) is 122 Å². The van der Waals surface area contributed by atoms with E-state index < -0.39 is 23.8 Å². The number of carboxylic acids is 1. The maximum absolute atomic E-state index is 11.9. The van der Waals surface area contributed by atoms with Crippen LogP contribution in [0.1, 0.15) is 23.0 Å². The fourth-order valence-corrected chi connectivity index (χ4v) is 1.24. The molecule has 0 radical (unpaired) electrons. The monoisotopic (exact) mass is 263 g/mol. The van der Waals surface area contributed by atoms with Gasteiger partial charge in [-0.2, -0.15) is 0 Å². The van der Waals surface area contributed by atoms with Gasteiger partial charge in [0.05, 0.1) is 0 Å². The summed E-state index contributed by atoms with van der Waals surface area (Å²) >= 11 is 0. The van der Waals surface area contributed by atoms with E-state index in [4.69, 9.17) is 10.8 Å². The highest BCUT2D eigenvalue weighted by Crippen LogP contribution is 2.08. The summed E-state index contributed by atoms with van der Waals surface area (Å²) in [4.78, 5) is 37.0. The highest BCUT2D eigenvalue weighted by atomic mass is 16.4. The SMILES string of the molecule is CC(NC(=O)c1ncccc1/C=C/C(=O)O)C(N)=O. The summed E-state index contributed by atoms with van der Waals surface area (Å²) in [5.41, 5.74) is 5.39. The molecule has 1 unspecified atom stereocenters. The summed E-state index contributed by atoms with van der Waals surface area (Å²) in [6, 6.07) is 2.26. The lowest BCUT2D eigenvalue weighted by Gasteiger charge is -2.10. The Morgan fingerprint density at radius 3 is 2.74 bits per heavy atom. The lowest BCUT2D eigenvalue weighted by molar-refractivity contribution is -0.131. The largest absolute Gasteiger partial charge is 0.478 e. The zero-order valence-corrected chi connectivity index (χ0v) is 10.2. The molecule has 0 aliphatic rings. The molecule has 0 saturated carbocycles. The fourth-order valence-electron chi connectivity index (χ4n) is 1.24. The standard InChI is InChI=1S/C12H13N3O4/c1-7(11(13)18)15-12(19)10-8(3-2-6-14-10)4-5-9(16)17/h2-7H,1H3,(H2,13,18)(H,15,19)(H,16,17)/b5-4+. The Morgan fingerprint density at radius 2 is 2.16 bits per heavy atom. The molecule has 0 fully saturated rings. The smallest absolute Gasteiger partial charge is 0.328 e. The number of hydrogen-bond donors (Lipinski definition) is 3. The molecule has 0 aromatic carbocycles. The maximum Gasteiger partial charge on any atom is 0.328 e. The van der Waals surface area contributed by atoms with Crippen LogP contribution in [-0.2, 0) is 9.59 Å². The van der Waals surface area contributed by atoms with Gasteiger partial charge in [0.15, 0.2) is 0 Å². The summed E-state index contributed by atoms with van der Waals surface area (Å²) < 4.78 is 0. The van der Waals surface area contributed by atoms with Crippen LogP contribution in [0.3, 0.4) is 0 Å². The van der Waals surface area contributed by atoms with Gasteiger partial charge < -0.3 is 16.2 Å². The molecule has 19 heavy (non-hydrogen) atoms. The molecule has 4 N–H and O–H groups in total. The molecule has 0 spiro atoms. The number of pyridine rings is 1. The van der Waals surface area contributed by atoms with Crippen LogP contribution >= 0.6 is 0 Å². The van der Waals surface area contributed by atoms with Gasteiger partial charge in [0.25, 0.3) is 5.91 Å². The van der Waals surface area contributed by atoms with Crippen LogP contribution in [-0.4, -0.2) is 33.9 Å². The maximum atomic E-state index is 11.9. The number of amides is 2. The molecule has 2 amide bonds. The van der Waals surface area contributed by atoms with Crippen molar-refractivity contribution in [2.45, 2.75) is 13.0 Å². The Labute approximate surface area is 109 Å². The molecule has 1 aromatic heterocycles. The van der Waals surface area contributed by atoms with Crippen molar-refractivity contribution < 1.29 is 19.5 Å². The van der Waals surface area contributed by atoms with Crippen molar-refractivity contribution in [2.24, 2.45) is 5.73 Å². The third kappa shape index (κ3) is 4.23. The third-order valence-corrected chi connectivity index (χ3v) is 2.23. The number of aromatic nitrogens is 1. The van der Waals surface area contributed by atoms with E-state index in [0.29, 0.717) is 5.56 Å². The van der Waals surface area contributed by atoms with Gasteiger partial charge in [-0.05, 0) is 19.1 Å². The molecule has 7 nitrogen and oxygen atoms in total. The lowest BCUT2D eigenvalue weighted by Crippen LogP contribution is -2.42. The summed E-state index contributed by atoms with van der Waals surface area (Å²) in [6.07, 6.45) is 3.53. The Hall–Kier alpha value is -2.70. The number of aliphatic carboxylic acids is 1. The zero-order valence-electron chi connectivity index (χ0n) is 10.2. The second-order valence-electron chi connectivity index (χ2n) is 3.71. The molecule has 100 valence electrons. The summed E-state index contributed by atoms with van der Waals surface area (Å²) in [5.74, 6) is -2.41. The first-order chi connectivity index (χ1) is 8.91. The van der Waals surface area contributed by atoms with E-state index in [1.807, 2.05) is 0 Å². The van der Waals surface area contributed by atoms with Crippen LogP contribution in [0.4, 0.5) is 0 Å². The van der Waals surface area contributed by atoms with Crippen molar-refractivity contribution in [3.63, 3.8) is 0 Å². The first-order valence-electron chi connectivity index (χ1n) is 5.38. The van der Waals surface area contributed by atoms with E-state index >= 15 is 0 Å². The summed E-state index contributed by atoms with van der Waals surface area (Å²) in [7, 11) is 0. The molecule has 1 rings (SSSR count). The van der Waals surface area contributed by atoms with Gasteiger partial charge in [-0.15, -0.1) is 0 Å². The van der Waals surface area contributed by atoms with Crippen LogP contribution in [0.15, 0.2) is 24.4 Å². The molecule has 0 bridgehead atoms. The summed E-state index contributed by atoms with van der Waals surface area (Å²) in [5, 5.41) is 10.9. The number of carbonyl (C=O) groups is 3. The van der Waals surface area contributed by atoms with Gasteiger partial charge in [-0.1, -0.05) is 6.07 Å². The second kappa shape index (κ2) is 6.29. The highest BCUT2D eigenvalue weighted by Gasteiger charge is 2.16. The Morgan fingerprint density at radius 1 is 1.47 bits per heavy atom. The van der Waals surface area contributed by atoms with Crippen molar-refractivity contribution in [2.75, 3.05) is 0 Å². The molecule has 0 aliphatic heterocycles. The zero-order chi connectivity index (χ0) is 14.4. The second-order valence-corrected chi connectivity index (χ2v) is 3.71. The fraction of sp³-hybridized carbons (Fsp3) is 0.167. The van der Waals surface area contributed by atoms with E-state index in [2.05, 4.69) is 10.3 Å². The van der Waals surface area contributed by atoms with Crippen molar-refractivity contribution in [3.05, 3.63) is 35.7 Å². The van der Waals surface area contributed by atoms with Crippen molar-refractivity contribution in [3.8, 4) is 0 Å². The minimum Gasteiger partial charge on any atom is -0.478 e. The van der Waals surface area contributed by atoms with E-state index in [1.165, 1.54) is 25.3 Å². The van der Waals surface area contributed by atoms with E-state index in [0.717, 1.165) is 6.08 Å². The number of nitrogens with two attached hydrogens (primary N) is 1. The molecule has 1 heterocycles. The quantitative estimate of drug-likeness (QED) is 0.634. The number of nitrogens with zero attached hydrogens (tertiary/aromatic N) is 1. The van der Waals surface area contributed by atoms with E-state index in [1.54, 1.807) is 6.07 Å². The molecule has 7 heteroatoms. The van der Waals surface area contributed by atoms with E-state index in [-0.39, 0.29) is 5.69 Å². The minimum atomic E-state index is -1.14. The molecule has 0 saturated heterocycles. The van der Waals surface area contributed by atoms with Crippen LogP contribution in [0.25, 0.3) is 6.08 Å². The molecular formula is C12H13N3O4. The highest BCUT2D eigenvalue weighted by molar-refractivity contribution is 5.99. The van der Waals surface area contributed by atoms with Gasteiger partial charge in [0.2, 0.25) is 5.91 Å². The van der Waals surface area contributed by atoms with Gasteiger partial charge in [0, 0.05) is 17.8 Å². The normalized spacial score (nSPS) is 12.1. The molecular weight excluding hydrogens is 250 g/mol. The molecule has 1 aromatic rings. The van der Waals surface area contributed by atoms with Gasteiger partial charge >= 0.3 is 5.97 Å². The van der Waals surface area contributed by atoms with Gasteiger partial charge in [-0.25, -0.2) is 4.79 Å². The van der Waals surface area contributed by atoms with E-state index in [9.17, 15) is 14.4 Å². The van der Waals surface area contributed by atoms with Gasteiger partial charge in [0.1, 0.15) is 11.7 Å². The van der Waals surface area contributed by atoms with Gasteiger partial charge in [-0.3, -0.25) is 14.6 Å². The Bertz CT molecular complexity index is 540. The lowest BCUT2D eigenvalue weighted by atomic mass is 10.1. The minimum absolute atomic E-state index is 0.0214. The van der Waals surface area contributed by atoms with Crippen molar-refractivity contribution in [1.29, 1.82) is 0 Å². The third-order valence-electron chi connectivity index (χ3n) is 2.23. The van der Waals surface area contributed by atoms with Crippen LogP contribution in [0, 0.1) is 0 Å². The average molecular weight is 263 g/mol. The average Bonchev–Trinajstić information content (AvgIpc) is 2.36. The Balaban J connectivity index is 2.97. The number of nitrogens with one attached hydrogen (secondary N) is 1. The molecule has 1 atom stereocenters.